The molecule has 0 radical (unpaired) electrons. The number of carbonyl (C=O) groups excluding carboxylic acids is 2. The molecule has 0 saturated heterocycles. The SMILES string of the molecule is CC(C)(C)C(=O)Nc1ccccc1C(=O)Nc1ccc2c(c1F)CCNC2.Cl. The van der Waals surface area contributed by atoms with Crippen LogP contribution in [0.1, 0.15) is 42.3 Å². The molecule has 1 aliphatic heterocycles. The molecule has 0 fully saturated rings. The maximum atomic E-state index is 14.8. The van der Waals surface area contributed by atoms with Crippen LogP contribution < -0.4 is 16.0 Å². The minimum absolute atomic E-state index is 0. The molecule has 28 heavy (non-hydrogen) atoms. The van der Waals surface area contributed by atoms with Crippen molar-refractivity contribution in [2.75, 3.05) is 17.2 Å². The monoisotopic (exact) mass is 405 g/mol. The highest BCUT2D eigenvalue weighted by Crippen LogP contribution is 2.26. The van der Waals surface area contributed by atoms with Crippen molar-refractivity contribution in [2.45, 2.75) is 33.7 Å². The first-order chi connectivity index (χ1) is 12.8. The zero-order valence-electron chi connectivity index (χ0n) is 16.2. The van der Waals surface area contributed by atoms with Gasteiger partial charge in [-0.3, -0.25) is 9.59 Å². The van der Waals surface area contributed by atoms with Gasteiger partial charge < -0.3 is 16.0 Å². The van der Waals surface area contributed by atoms with Crippen LogP contribution in [0.4, 0.5) is 15.8 Å². The highest BCUT2D eigenvalue weighted by molar-refractivity contribution is 6.10. The van der Waals surface area contributed by atoms with Crippen molar-refractivity contribution in [3.63, 3.8) is 0 Å². The molecule has 2 amide bonds. The summed E-state index contributed by atoms with van der Waals surface area (Å²) in [4.78, 5) is 25.0. The quantitative estimate of drug-likeness (QED) is 0.719. The zero-order valence-corrected chi connectivity index (χ0v) is 17.0. The van der Waals surface area contributed by atoms with E-state index in [-0.39, 0.29) is 29.6 Å². The van der Waals surface area contributed by atoms with Gasteiger partial charge in [0.1, 0.15) is 5.82 Å². The van der Waals surface area contributed by atoms with Crippen LogP contribution in [0.25, 0.3) is 0 Å². The first-order valence-corrected chi connectivity index (χ1v) is 9.00. The summed E-state index contributed by atoms with van der Waals surface area (Å²) >= 11 is 0. The number of benzene rings is 2. The second-order valence-corrected chi connectivity index (χ2v) is 7.70. The fraction of sp³-hybridized carbons (Fsp3) is 0.333. The number of anilines is 2. The smallest absolute Gasteiger partial charge is 0.257 e. The number of rotatable bonds is 3. The summed E-state index contributed by atoms with van der Waals surface area (Å²) in [6.45, 7) is 6.72. The van der Waals surface area contributed by atoms with Crippen LogP contribution in [0.15, 0.2) is 36.4 Å². The molecule has 3 rings (SSSR count). The second kappa shape index (κ2) is 8.71. The number of hydrogen-bond donors (Lipinski definition) is 3. The molecule has 0 bridgehead atoms. The number of nitrogens with one attached hydrogen (secondary N) is 3. The number of fused-ring (bicyclic) bond motifs is 1. The Balaban J connectivity index is 0.00000280. The van der Waals surface area contributed by atoms with Crippen LogP contribution in [0.5, 0.6) is 0 Å². The van der Waals surface area contributed by atoms with Crippen molar-refractivity contribution < 1.29 is 14.0 Å². The third-order valence-corrected chi connectivity index (χ3v) is 4.56. The molecule has 5 nitrogen and oxygen atoms in total. The molecule has 0 aliphatic carbocycles. The molecule has 150 valence electrons. The van der Waals surface area contributed by atoms with E-state index in [0.29, 0.717) is 30.8 Å². The molecule has 3 N–H and O–H groups in total. The first kappa shape index (κ1) is 21.9. The van der Waals surface area contributed by atoms with Crippen molar-refractivity contribution >= 4 is 35.6 Å². The van der Waals surface area contributed by atoms with Crippen molar-refractivity contribution in [1.82, 2.24) is 5.32 Å². The Morgan fingerprint density at radius 3 is 2.46 bits per heavy atom. The maximum absolute atomic E-state index is 14.8. The second-order valence-electron chi connectivity index (χ2n) is 7.70. The Hall–Kier alpha value is -2.44. The Morgan fingerprint density at radius 1 is 1.04 bits per heavy atom. The van der Waals surface area contributed by atoms with Gasteiger partial charge in [-0.1, -0.05) is 39.0 Å². The largest absolute Gasteiger partial charge is 0.325 e. The van der Waals surface area contributed by atoms with E-state index < -0.39 is 17.1 Å². The van der Waals surface area contributed by atoms with Gasteiger partial charge in [-0.2, -0.15) is 0 Å². The number of amides is 2. The Morgan fingerprint density at radius 2 is 1.75 bits per heavy atom. The molecule has 0 atom stereocenters. The zero-order chi connectivity index (χ0) is 19.6. The van der Waals surface area contributed by atoms with Crippen molar-refractivity contribution in [3.8, 4) is 0 Å². The number of hydrogen-bond acceptors (Lipinski definition) is 3. The number of carbonyl (C=O) groups is 2. The van der Waals surface area contributed by atoms with Crippen molar-refractivity contribution in [1.29, 1.82) is 0 Å². The summed E-state index contributed by atoms with van der Waals surface area (Å²) in [6.07, 6.45) is 0.586. The molecule has 0 spiro atoms. The first-order valence-electron chi connectivity index (χ1n) is 9.00. The minimum atomic E-state index is -0.595. The van der Waals surface area contributed by atoms with Crippen molar-refractivity contribution in [2.24, 2.45) is 5.41 Å². The molecule has 2 aromatic rings. The van der Waals surface area contributed by atoms with E-state index in [2.05, 4.69) is 16.0 Å². The van der Waals surface area contributed by atoms with E-state index in [4.69, 9.17) is 0 Å². The topological polar surface area (TPSA) is 70.2 Å². The van der Waals surface area contributed by atoms with E-state index >= 15 is 0 Å². The molecule has 7 heteroatoms. The predicted octanol–water partition coefficient (Wildman–Crippen LogP) is 4.13. The molecule has 0 aromatic heterocycles. The van der Waals surface area contributed by atoms with Crippen LogP contribution >= 0.6 is 12.4 Å². The van der Waals surface area contributed by atoms with Gasteiger partial charge in [-0.05, 0) is 42.3 Å². The molecule has 0 saturated carbocycles. The lowest BCUT2D eigenvalue weighted by molar-refractivity contribution is -0.123. The van der Waals surface area contributed by atoms with Crippen molar-refractivity contribution in [3.05, 3.63) is 58.9 Å². The lowest BCUT2D eigenvalue weighted by Crippen LogP contribution is -2.29. The van der Waals surface area contributed by atoms with Gasteiger partial charge in [0.25, 0.3) is 5.91 Å². The summed E-state index contributed by atoms with van der Waals surface area (Å²) in [5, 5.41) is 8.62. The summed E-state index contributed by atoms with van der Waals surface area (Å²) in [5.74, 6) is -1.05. The molecule has 1 heterocycles. The number of para-hydroxylation sites is 1. The average molecular weight is 406 g/mol. The van der Waals surface area contributed by atoms with Crippen LogP contribution in [0, 0.1) is 11.2 Å². The summed E-state index contributed by atoms with van der Waals surface area (Å²) in [6, 6.07) is 10.1. The van der Waals surface area contributed by atoms with Gasteiger partial charge in [0.2, 0.25) is 5.91 Å². The molecular weight excluding hydrogens is 381 g/mol. The lowest BCUT2D eigenvalue weighted by atomic mass is 9.95. The fourth-order valence-electron chi connectivity index (χ4n) is 2.92. The third kappa shape index (κ3) is 4.69. The van der Waals surface area contributed by atoms with E-state index in [1.807, 2.05) is 6.07 Å². The maximum Gasteiger partial charge on any atom is 0.257 e. The Bertz CT molecular complexity index is 894. The predicted molar refractivity (Wildman–Crippen MR) is 112 cm³/mol. The molecule has 0 unspecified atom stereocenters. The van der Waals surface area contributed by atoms with Gasteiger partial charge in [0, 0.05) is 12.0 Å². The van der Waals surface area contributed by atoms with E-state index in [9.17, 15) is 14.0 Å². The molecular formula is C21H25ClFN3O2. The fourth-order valence-corrected chi connectivity index (χ4v) is 2.92. The van der Waals surface area contributed by atoms with Gasteiger partial charge in [0.15, 0.2) is 0 Å². The van der Waals surface area contributed by atoms with Crippen LogP contribution in [0.2, 0.25) is 0 Å². The summed E-state index contributed by atoms with van der Waals surface area (Å²) < 4.78 is 14.8. The Kier molecular flexibility index (Phi) is 6.80. The van der Waals surface area contributed by atoms with Gasteiger partial charge in [-0.25, -0.2) is 4.39 Å². The van der Waals surface area contributed by atoms with E-state index in [1.54, 1.807) is 51.1 Å². The third-order valence-electron chi connectivity index (χ3n) is 4.56. The molecule has 1 aliphatic rings. The van der Waals surface area contributed by atoms with E-state index in [1.165, 1.54) is 0 Å². The average Bonchev–Trinajstić information content (AvgIpc) is 2.64. The van der Waals surface area contributed by atoms with Crippen LogP contribution in [0.3, 0.4) is 0 Å². The van der Waals surface area contributed by atoms with Crippen LogP contribution in [-0.4, -0.2) is 18.4 Å². The van der Waals surface area contributed by atoms with Gasteiger partial charge in [-0.15, -0.1) is 12.4 Å². The minimum Gasteiger partial charge on any atom is -0.325 e. The normalized spacial score (nSPS) is 13.1. The number of halogens is 2. The lowest BCUT2D eigenvalue weighted by Gasteiger charge is -2.20. The molecule has 2 aromatic carbocycles. The Labute approximate surface area is 170 Å². The highest BCUT2D eigenvalue weighted by Gasteiger charge is 2.24. The summed E-state index contributed by atoms with van der Waals surface area (Å²) in [7, 11) is 0. The van der Waals surface area contributed by atoms with E-state index in [0.717, 1.165) is 5.56 Å². The van der Waals surface area contributed by atoms with Gasteiger partial charge >= 0.3 is 0 Å². The highest BCUT2D eigenvalue weighted by atomic mass is 35.5. The summed E-state index contributed by atoms with van der Waals surface area (Å²) in [5.41, 5.74) is 1.79. The van der Waals surface area contributed by atoms with Crippen LogP contribution in [-0.2, 0) is 17.8 Å². The standard InChI is InChI=1S/C21H24FN3O2.ClH/c1-21(2,3)20(27)25-16-7-5-4-6-15(16)19(26)24-17-9-8-13-12-23-11-10-14(13)18(17)22;/h4-9,23H,10-12H2,1-3H3,(H,24,26)(H,25,27);1H. The van der Waals surface area contributed by atoms with Gasteiger partial charge in [0.05, 0.1) is 16.9 Å².